The summed E-state index contributed by atoms with van der Waals surface area (Å²) in [7, 11) is 2.15. The Hall–Kier alpha value is -0.900. The average molecular weight is 234 g/mol. The second kappa shape index (κ2) is 6.15. The second-order valence-corrected chi connectivity index (χ2v) is 4.98. The minimum atomic E-state index is 0.175. The molecule has 0 aliphatic carbocycles. The third-order valence-corrected chi connectivity index (χ3v) is 3.41. The van der Waals surface area contributed by atoms with Gasteiger partial charge in [-0.1, -0.05) is 30.3 Å². The SMILES string of the molecule is CN1CCC(N[C@H](CO)Cc2ccccc2)C1. The zero-order valence-electron chi connectivity index (χ0n) is 10.5. The Labute approximate surface area is 103 Å². The molecule has 3 heteroatoms. The summed E-state index contributed by atoms with van der Waals surface area (Å²) in [4.78, 5) is 2.33. The topological polar surface area (TPSA) is 35.5 Å². The van der Waals surface area contributed by atoms with E-state index in [4.69, 9.17) is 0 Å². The van der Waals surface area contributed by atoms with E-state index in [1.807, 2.05) is 18.2 Å². The first-order valence-electron chi connectivity index (χ1n) is 6.37. The van der Waals surface area contributed by atoms with E-state index in [-0.39, 0.29) is 12.6 Å². The maximum atomic E-state index is 9.44. The highest BCUT2D eigenvalue weighted by Gasteiger charge is 2.21. The van der Waals surface area contributed by atoms with Crippen LogP contribution in [0.1, 0.15) is 12.0 Å². The van der Waals surface area contributed by atoms with Gasteiger partial charge < -0.3 is 15.3 Å². The van der Waals surface area contributed by atoms with E-state index in [1.165, 1.54) is 12.0 Å². The summed E-state index contributed by atoms with van der Waals surface area (Å²) in [5, 5.41) is 13.0. The minimum Gasteiger partial charge on any atom is -0.395 e. The molecule has 1 unspecified atom stereocenters. The molecule has 94 valence electrons. The van der Waals surface area contributed by atoms with Crippen LogP contribution in [0.4, 0.5) is 0 Å². The van der Waals surface area contributed by atoms with Gasteiger partial charge in [-0.3, -0.25) is 0 Å². The molecule has 0 aromatic heterocycles. The van der Waals surface area contributed by atoms with Crippen LogP contribution in [-0.4, -0.2) is 48.8 Å². The Morgan fingerprint density at radius 2 is 2.18 bits per heavy atom. The predicted octanol–water partition coefficient (Wildman–Crippen LogP) is 0.884. The number of nitrogens with one attached hydrogen (secondary N) is 1. The predicted molar refractivity (Wildman–Crippen MR) is 70.1 cm³/mol. The fourth-order valence-corrected chi connectivity index (χ4v) is 2.48. The van der Waals surface area contributed by atoms with E-state index in [0.717, 1.165) is 19.5 Å². The number of benzene rings is 1. The zero-order valence-corrected chi connectivity index (χ0v) is 10.5. The monoisotopic (exact) mass is 234 g/mol. The molecule has 17 heavy (non-hydrogen) atoms. The third kappa shape index (κ3) is 3.80. The smallest absolute Gasteiger partial charge is 0.0587 e. The van der Waals surface area contributed by atoms with Crippen molar-refractivity contribution >= 4 is 0 Å². The zero-order chi connectivity index (χ0) is 12.1. The van der Waals surface area contributed by atoms with Crippen LogP contribution in [0.2, 0.25) is 0 Å². The van der Waals surface area contributed by atoms with E-state index in [9.17, 15) is 5.11 Å². The van der Waals surface area contributed by atoms with Crippen LogP contribution < -0.4 is 5.32 Å². The Bertz CT molecular complexity index is 328. The molecule has 0 amide bonds. The van der Waals surface area contributed by atoms with Gasteiger partial charge in [0.05, 0.1) is 6.61 Å². The van der Waals surface area contributed by atoms with Crippen molar-refractivity contribution in [1.82, 2.24) is 10.2 Å². The number of likely N-dealkylation sites (tertiary alicyclic amines) is 1. The molecule has 2 atom stereocenters. The summed E-state index contributed by atoms with van der Waals surface area (Å²) < 4.78 is 0. The average Bonchev–Trinajstić information content (AvgIpc) is 2.75. The van der Waals surface area contributed by atoms with Crippen molar-refractivity contribution < 1.29 is 5.11 Å². The highest BCUT2D eigenvalue weighted by molar-refractivity contribution is 5.16. The van der Waals surface area contributed by atoms with Crippen LogP contribution in [0.15, 0.2) is 30.3 Å². The van der Waals surface area contributed by atoms with Crippen LogP contribution in [0.3, 0.4) is 0 Å². The largest absolute Gasteiger partial charge is 0.395 e. The van der Waals surface area contributed by atoms with Crippen LogP contribution in [0.5, 0.6) is 0 Å². The van der Waals surface area contributed by atoms with Gasteiger partial charge in [0.2, 0.25) is 0 Å². The first-order chi connectivity index (χ1) is 8.28. The van der Waals surface area contributed by atoms with Gasteiger partial charge in [0.15, 0.2) is 0 Å². The van der Waals surface area contributed by atoms with E-state index >= 15 is 0 Å². The summed E-state index contributed by atoms with van der Waals surface area (Å²) in [6, 6.07) is 11.1. The number of aliphatic hydroxyl groups is 1. The highest BCUT2D eigenvalue weighted by atomic mass is 16.3. The van der Waals surface area contributed by atoms with Gasteiger partial charge in [0, 0.05) is 18.6 Å². The number of rotatable bonds is 5. The lowest BCUT2D eigenvalue weighted by Crippen LogP contribution is -2.43. The van der Waals surface area contributed by atoms with Crippen molar-refractivity contribution in [2.45, 2.75) is 24.9 Å². The molecule has 2 N–H and O–H groups in total. The van der Waals surface area contributed by atoms with Crippen molar-refractivity contribution in [1.29, 1.82) is 0 Å². The Balaban J connectivity index is 1.85. The Morgan fingerprint density at radius 3 is 2.76 bits per heavy atom. The standard InChI is InChI=1S/C14H22N2O/c1-16-8-7-13(10-16)15-14(11-17)9-12-5-3-2-4-6-12/h2-6,13-15,17H,7-11H2,1H3/t13?,14-/m0/s1. The Kier molecular flexibility index (Phi) is 4.54. The molecule has 1 saturated heterocycles. The Morgan fingerprint density at radius 1 is 1.41 bits per heavy atom. The van der Waals surface area contributed by atoms with Crippen molar-refractivity contribution in [2.24, 2.45) is 0 Å². The first kappa shape index (κ1) is 12.6. The third-order valence-electron chi connectivity index (χ3n) is 3.41. The van der Waals surface area contributed by atoms with Gasteiger partial charge in [-0.15, -0.1) is 0 Å². The van der Waals surface area contributed by atoms with Gasteiger partial charge in [0.1, 0.15) is 0 Å². The van der Waals surface area contributed by atoms with Crippen LogP contribution in [0, 0.1) is 0 Å². The summed E-state index contributed by atoms with van der Waals surface area (Å²) in [5.41, 5.74) is 1.28. The van der Waals surface area contributed by atoms with Gasteiger partial charge in [0.25, 0.3) is 0 Å². The van der Waals surface area contributed by atoms with Crippen molar-refractivity contribution in [3.05, 3.63) is 35.9 Å². The van der Waals surface area contributed by atoms with Crippen LogP contribution in [-0.2, 0) is 6.42 Å². The summed E-state index contributed by atoms with van der Waals surface area (Å²) in [5.74, 6) is 0. The number of hydrogen-bond donors (Lipinski definition) is 2. The molecular weight excluding hydrogens is 212 g/mol. The van der Waals surface area contributed by atoms with E-state index in [2.05, 4.69) is 29.4 Å². The molecule has 1 heterocycles. The molecule has 1 aromatic rings. The molecule has 1 aliphatic rings. The first-order valence-corrected chi connectivity index (χ1v) is 6.37. The van der Waals surface area contributed by atoms with E-state index in [0.29, 0.717) is 6.04 Å². The number of aliphatic hydroxyl groups excluding tert-OH is 1. The molecular formula is C14H22N2O. The summed E-state index contributed by atoms with van der Waals surface area (Å²) in [6.07, 6.45) is 2.08. The van der Waals surface area contributed by atoms with Gasteiger partial charge >= 0.3 is 0 Å². The summed E-state index contributed by atoms with van der Waals surface area (Å²) in [6.45, 7) is 2.45. The van der Waals surface area contributed by atoms with E-state index < -0.39 is 0 Å². The lowest BCUT2D eigenvalue weighted by Gasteiger charge is -2.21. The summed E-state index contributed by atoms with van der Waals surface area (Å²) >= 11 is 0. The fraction of sp³-hybridized carbons (Fsp3) is 0.571. The quantitative estimate of drug-likeness (QED) is 0.794. The van der Waals surface area contributed by atoms with Crippen molar-refractivity contribution in [3.63, 3.8) is 0 Å². The van der Waals surface area contributed by atoms with Gasteiger partial charge in [-0.25, -0.2) is 0 Å². The maximum Gasteiger partial charge on any atom is 0.0587 e. The van der Waals surface area contributed by atoms with Crippen LogP contribution >= 0.6 is 0 Å². The van der Waals surface area contributed by atoms with Crippen molar-refractivity contribution in [2.75, 3.05) is 26.7 Å². The lowest BCUT2D eigenvalue weighted by atomic mass is 10.1. The molecule has 0 bridgehead atoms. The normalized spacial score (nSPS) is 22.8. The molecule has 1 aromatic carbocycles. The lowest BCUT2D eigenvalue weighted by molar-refractivity contribution is 0.229. The van der Waals surface area contributed by atoms with Gasteiger partial charge in [-0.2, -0.15) is 0 Å². The fourth-order valence-electron chi connectivity index (χ4n) is 2.48. The number of hydrogen-bond acceptors (Lipinski definition) is 3. The van der Waals surface area contributed by atoms with E-state index in [1.54, 1.807) is 0 Å². The molecule has 3 nitrogen and oxygen atoms in total. The second-order valence-electron chi connectivity index (χ2n) is 4.98. The number of nitrogens with zero attached hydrogens (tertiary/aromatic N) is 1. The van der Waals surface area contributed by atoms with Gasteiger partial charge in [-0.05, 0) is 32.0 Å². The molecule has 0 radical (unpaired) electrons. The molecule has 0 saturated carbocycles. The van der Waals surface area contributed by atoms with Crippen LogP contribution in [0.25, 0.3) is 0 Å². The molecule has 0 spiro atoms. The maximum absolute atomic E-state index is 9.44. The molecule has 1 aliphatic heterocycles. The molecule has 2 rings (SSSR count). The number of likely N-dealkylation sites (N-methyl/N-ethyl adjacent to an activating group) is 1. The highest BCUT2D eigenvalue weighted by Crippen LogP contribution is 2.09. The molecule has 1 fully saturated rings. The minimum absolute atomic E-state index is 0.175. The van der Waals surface area contributed by atoms with Crippen molar-refractivity contribution in [3.8, 4) is 0 Å².